The molecule has 0 amide bonds. The molecule has 1 N–H and O–H groups in total. The van der Waals surface area contributed by atoms with Crippen LogP contribution in [0.1, 0.15) is 4.88 Å². The molecule has 2 heterocycles. The predicted molar refractivity (Wildman–Crippen MR) is 81.3 cm³/mol. The van der Waals surface area contributed by atoms with E-state index in [9.17, 15) is 14.5 Å². The summed E-state index contributed by atoms with van der Waals surface area (Å²) in [6, 6.07) is 4.93. The average molecular weight is 335 g/mol. The van der Waals surface area contributed by atoms with Crippen molar-refractivity contribution in [3.8, 4) is 11.6 Å². The molecule has 1 aromatic carbocycles. The number of rotatable bonds is 5. The third-order valence-electron chi connectivity index (χ3n) is 3.02. The second-order valence-corrected chi connectivity index (χ2v) is 5.69. The van der Waals surface area contributed by atoms with Crippen molar-refractivity contribution in [3.05, 3.63) is 51.4 Å². The van der Waals surface area contributed by atoms with Crippen molar-refractivity contribution in [2.24, 2.45) is 0 Å². The van der Waals surface area contributed by atoms with E-state index in [0.29, 0.717) is 16.6 Å². The molecule has 0 bridgehead atoms. The van der Waals surface area contributed by atoms with E-state index in [4.69, 9.17) is 9.84 Å². The number of fused-ring (bicyclic) bond motifs is 1. The Morgan fingerprint density at radius 2 is 2.17 bits per heavy atom. The molecule has 0 unspecified atom stereocenters. The summed E-state index contributed by atoms with van der Waals surface area (Å²) >= 11 is 1.34. The Labute approximate surface area is 133 Å². The Morgan fingerprint density at radius 1 is 1.35 bits per heavy atom. The zero-order chi connectivity index (χ0) is 16.4. The average Bonchev–Trinajstić information content (AvgIpc) is 2.93. The number of nitro benzene ring substituents is 1. The van der Waals surface area contributed by atoms with Gasteiger partial charge in [-0.05, 0) is 12.1 Å². The van der Waals surface area contributed by atoms with Gasteiger partial charge >= 0.3 is 0 Å². The van der Waals surface area contributed by atoms with Gasteiger partial charge in [0.05, 0.1) is 16.5 Å². The standard InChI is InChI=1S/C14H10FN3O4S/c15-10-5-8(18(20)21)1-2-12(10)22-14-13-11(16-7-17-14)6-9(23-13)3-4-19/h1-2,5-7,19H,3-4H2. The summed E-state index contributed by atoms with van der Waals surface area (Å²) < 4.78 is 20.0. The van der Waals surface area contributed by atoms with Gasteiger partial charge in [0, 0.05) is 24.0 Å². The molecular formula is C14H10FN3O4S. The number of aliphatic hydroxyl groups excluding tert-OH is 1. The molecule has 3 rings (SSSR count). The highest BCUT2D eigenvalue weighted by atomic mass is 32.1. The first-order chi connectivity index (χ1) is 11.1. The molecule has 118 valence electrons. The van der Waals surface area contributed by atoms with Gasteiger partial charge in [0.2, 0.25) is 5.88 Å². The number of nitrogens with zero attached hydrogens (tertiary/aromatic N) is 3. The van der Waals surface area contributed by atoms with E-state index >= 15 is 0 Å². The van der Waals surface area contributed by atoms with Crippen molar-refractivity contribution in [2.45, 2.75) is 6.42 Å². The number of aromatic nitrogens is 2. The monoisotopic (exact) mass is 335 g/mol. The molecule has 0 radical (unpaired) electrons. The van der Waals surface area contributed by atoms with E-state index in [1.54, 1.807) is 6.07 Å². The molecule has 0 fully saturated rings. The van der Waals surface area contributed by atoms with Gasteiger partial charge < -0.3 is 9.84 Å². The van der Waals surface area contributed by atoms with Crippen molar-refractivity contribution in [2.75, 3.05) is 6.61 Å². The van der Waals surface area contributed by atoms with E-state index in [-0.39, 0.29) is 23.9 Å². The lowest BCUT2D eigenvalue weighted by molar-refractivity contribution is -0.385. The van der Waals surface area contributed by atoms with Gasteiger partial charge in [-0.2, -0.15) is 0 Å². The van der Waals surface area contributed by atoms with Crippen LogP contribution >= 0.6 is 11.3 Å². The minimum Gasteiger partial charge on any atom is -0.434 e. The maximum Gasteiger partial charge on any atom is 0.272 e. The highest BCUT2D eigenvalue weighted by Gasteiger charge is 2.15. The lowest BCUT2D eigenvalue weighted by Gasteiger charge is -2.06. The fourth-order valence-electron chi connectivity index (χ4n) is 1.98. The first kappa shape index (κ1) is 15.3. The van der Waals surface area contributed by atoms with Crippen LogP contribution in [0.25, 0.3) is 10.2 Å². The summed E-state index contributed by atoms with van der Waals surface area (Å²) in [5, 5.41) is 19.6. The topological polar surface area (TPSA) is 98.4 Å². The van der Waals surface area contributed by atoms with Gasteiger partial charge in [-0.25, -0.2) is 14.4 Å². The van der Waals surface area contributed by atoms with Crippen molar-refractivity contribution in [1.29, 1.82) is 0 Å². The van der Waals surface area contributed by atoms with E-state index in [2.05, 4.69) is 9.97 Å². The molecule has 0 aliphatic rings. The first-order valence-electron chi connectivity index (χ1n) is 6.54. The summed E-state index contributed by atoms with van der Waals surface area (Å²) in [4.78, 5) is 18.9. The fraction of sp³-hybridized carbons (Fsp3) is 0.143. The van der Waals surface area contributed by atoms with Crippen LogP contribution in [0.4, 0.5) is 10.1 Å². The van der Waals surface area contributed by atoms with Crippen LogP contribution in [0, 0.1) is 15.9 Å². The molecule has 23 heavy (non-hydrogen) atoms. The van der Waals surface area contributed by atoms with Crippen molar-refractivity contribution in [1.82, 2.24) is 9.97 Å². The van der Waals surface area contributed by atoms with Gasteiger partial charge in [-0.15, -0.1) is 11.3 Å². The van der Waals surface area contributed by atoms with Crippen LogP contribution < -0.4 is 4.74 Å². The lowest BCUT2D eigenvalue weighted by atomic mass is 10.3. The Kier molecular flexibility index (Phi) is 4.13. The molecule has 0 aliphatic carbocycles. The molecule has 0 spiro atoms. The van der Waals surface area contributed by atoms with Crippen LogP contribution in [-0.2, 0) is 6.42 Å². The quantitative estimate of drug-likeness (QED) is 0.568. The molecule has 0 saturated heterocycles. The van der Waals surface area contributed by atoms with Gasteiger partial charge in [0.15, 0.2) is 11.6 Å². The fourth-order valence-corrected chi connectivity index (χ4v) is 3.00. The normalized spacial score (nSPS) is 10.9. The third-order valence-corrected chi connectivity index (χ3v) is 4.19. The van der Waals surface area contributed by atoms with Crippen LogP contribution in [0.2, 0.25) is 0 Å². The predicted octanol–water partition coefficient (Wildman–Crippen LogP) is 3.07. The molecule has 0 aliphatic heterocycles. The Balaban J connectivity index is 1.96. The lowest BCUT2D eigenvalue weighted by Crippen LogP contribution is -1.94. The molecule has 2 aromatic heterocycles. The Morgan fingerprint density at radius 3 is 2.87 bits per heavy atom. The van der Waals surface area contributed by atoms with Crippen molar-refractivity contribution >= 4 is 27.2 Å². The smallest absolute Gasteiger partial charge is 0.272 e. The second kappa shape index (κ2) is 6.23. The van der Waals surface area contributed by atoms with Gasteiger partial charge in [0.1, 0.15) is 11.0 Å². The molecule has 0 atom stereocenters. The number of non-ortho nitro benzene ring substituents is 1. The molecule has 9 heteroatoms. The van der Waals surface area contributed by atoms with Gasteiger partial charge in [-0.3, -0.25) is 10.1 Å². The van der Waals surface area contributed by atoms with E-state index in [0.717, 1.165) is 17.0 Å². The number of halogens is 1. The molecule has 3 aromatic rings. The van der Waals surface area contributed by atoms with E-state index < -0.39 is 10.7 Å². The molecule has 0 saturated carbocycles. The Bertz CT molecular complexity index is 884. The highest BCUT2D eigenvalue weighted by molar-refractivity contribution is 7.19. The number of thiophene rings is 1. The third kappa shape index (κ3) is 3.10. The minimum absolute atomic E-state index is 0.00736. The molecular weight excluding hydrogens is 325 g/mol. The number of nitro groups is 1. The number of aliphatic hydroxyl groups is 1. The van der Waals surface area contributed by atoms with Crippen LogP contribution in [0.3, 0.4) is 0 Å². The van der Waals surface area contributed by atoms with Crippen LogP contribution in [0.5, 0.6) is 11.6 Å². The Hall–Kier alpha value is -2.65. The summed E-state index contributed by atoms with van der Waals surface area (Å²) in [5.41, 5.74) is 0.273. The number of hydrogen-bond donors (Lipinski definition) is 1. The highest BCUT2D eigenvalue weighted by Crippen LogP contribution is 2.34. The number of benzene rings is 1. The SMILES string of the molecule is O=[N+]([O-])c1ccc(Oc2ncnc3cc(CCO)sc23)c(F)c1. The largest absolute Gasteiger partial charge is 0.434 e. The summed E-state index contributed by atoms with van der Waals surface area (Å²) in [6.07, 6.45) is 1.77. The number of ether oxygens (including phenoxy) is 1. The summed E-state index contributed by atoms with van der Waals surface area (Å²) in [6.45, 7) is 0.00736. The minimum atomic E-state index is -0.849. The summed E-state index contributed by atoms with van der Waals surface area (Å²) in [7, 11) is 0. The van der Waals surface area contributed by atoms with Gasteiger partial charge in [-0.1, -0.05) is 0 Å². The maximum absolute atomic E-state index is 13.9. The number of hydrogen-bond acceptors (Lipinski definition) is 7. The van der Waals surface area contributed by atoms with Crippen molar-refractivity contribution in [3.63, 3.8) is 0 Å². The maximum atomic E-state index is 13.9. The second-order valence-electron chi connectivity index (χ2n) is 4.55. The van der Waals surface area contributed by atoms with Crippen molar-refractivity contribution < 1.29 is 19.2 Å². The van der Waals surface area contributed by atoms with Gasteiger partial charge in [0.25, 0.3) is 5.69 Å². The molecule has 7 nitrogen and oxygen atoms in total. The van der Waals surface area contributed by atoms with E-state index in [1.165, 1.54) is 23.7 Å². The van der Waals surface area contributed by atoms with E-state index in [1.807, 2.05) is 0 Å². The zero-order valence-electron chi connectivity index (χ0n) is 11.6. The summed E-state index contributed by atoms with van der Waals surface area (Å²) in [5.74, 6) is -0.845. The van der Waals surface area contributed by atoms with Crippen LogP contribution in [-0.4, -0.2) is 26.6 Å². The van der Waals surface area contributed by atoms with Crippen LogP contribution in [0.15, 0.2) is 30.6 Å². The zero-order valence-corrected chi connectivity index (χ0v) is 12.4. The first-order valence-corrected chi connectivity index (χ1v) is 7.36.